The molecule has 182 valence electrons. The van der Waals surface area contributed by atoms with Gasteiger partial charge in [-0.25, -0.2) is 4.98 Å². The van der Waals surface area contributed by atoms with Crippen LogP contribution in [0.4, 0.5) is 5.13 Å². The third-order valence-corrected chi connectivity index (χ3v) is 7.03. The number of aryl methyl sites for hydroxylation is 2. The SMILES string of the molecule is CCOc1ccc(OCC(=O)N(CCCN2CCOCC2)c2nc3cc(C)cc(C)c3s2)cc1. The molecular formula is C26H33N3O4S. The highest BCUT2D eigenvalue weighted by Gasteiger charge is 2.22. The van der Waals surface area contributed by atoms with Gasteiger partial charge < -0.3 is 14.2 Å². The molecule has 1 amide bonds. The zero-order valence-corrected chi connectivity index (χ0v) is 21.0. The molecule has 7 nitrogen and oxygen atoms in total. The molecule has 0 saturated carbocycles. The Morgan fingerprint density at radius 1 is 1.12 bits per heavy atom. The van der Waals surface area contributed by atoms with Crippen molar-refractivity contribution in [2.45, 2.75) is 27.2 Å². The van der Waals surface area contributed by atoms with E-state index in [0.29, 0.717) is 18.9 Å². The van der Waals surface area contributed by atoms with Crippen LogP contribution >= 0.6 is 11.3 Å². The predicted octanol–water partition coefficient (Wildman–Crippen LogP) is 4.45. The molecule has 2 aromatic carbocycles. The Kier molecular flexibility index (Phi) is 8.37. The van der Waals surface area contributed by atoms with E-state index >= 15 is 0 Å². The van der Waals surface area contributed by atoms with Gasteiger partial charge >= 0.3 is 0 Å². The smallest absolute Gasteiger partial charge is 0.266 e. The highest BCUT2D eigenvalue weighted by atomic mass is 32.1. The molecule has 4 rings (SSSR count). The van der Waals surface area contributed by atoms with Gasteiger partial charge in [-0.2, -0.15) is 0 Å². The maximum absolute atomic E-state index is 13.3. The van der Waals surface area contributed by atoms with Crippen LogP contribution in [0.25, 0.3) is 10.2 Å². The van der Waals surface area contributed by atoms with Gasteiger partial charge in [0.1, 0.15) is 11.5 Å². The Bertz CT molecular complexity index is 1090. The number of thiazole rings is 1. The largest absolute Gasteiger partial charge is 0.494 e. The fourth-order valence-electron chi connectivity index (χ4n) is 4.11. The summed E-state index contributed by atoms with van der Waals surface area (Å²) in [5, 5.41) is 0.728. The number of hydrogen-bond donors (Lipinski definition) is 0. The second kappa shape index (κ2) is 11.6. The zero-order valence-electron chi connectivity index (χ0n) is 20.2. The van der Waals surface area contributed by atoms with E-state index in [1.165, 1.54) is 11.1 Å². The highest BCUT2D eigenvalue weighted by molar-refractivity contribution is 7.22. The van der Waals surface area contributed by atoms with Crippen LogP contribution in [-0.2, 0) is 9.53 Å². The minimum atomic E-state index is -0.0932. The summed E-state index contributed by atoms with van der Waals surface area (Å²) < 4.78 is 17.9. The Morgan fingerprint density at radius 2 is 1.82 bits per heavy atom. The first-order chi connectivity index (χ1) is 16.5. The first kappa shape index (κ1) is 24.4. The van der Waals surface area contributed by atoms with Crippen LogP contribution in [0.3, 0.4) is 0 Å². The van der Waals surface area contributed by atoms with Crippen LogP contribution in [0.15, 0.2) is 36.4 Å². The van der Waals surface area contributed by atoms with Crippen molar-refractivity contribution >= 4 is 32.6 Å². The Morgan fingerprint density at radius 3 is 2.53 bits per heavy atom. The molecule has 1 fully saturated rings. The number of amides is 1. The molecule has 1 aliphatic rings. The summed E-state index contributed by atoms with van der Waals surface area (Å²) >= 11 is 1.57. The third-order valence-electron chi connectivity index (χ3n) is 5.80. The van der Waals surface area contributed by atoms with Crippen LogP contribution in [0, 0.1) is 13.8 Å². The number of morpholine rings is 1. The predicted molar refractivity (Wildman–Crippen MR) is 136 cm³/mol. The van der Waals surface area contributed by atoms with Crippen LogP contribution in [-0.4, -0.2) is 68.4 Å². The summed E-state index contributed by atoms with van der Waals surface area (Å²) in [7, 11) is 0. The van der Waals surface area contributed by atoms with Gasteiger partial charge in [0.05, 0.1) is 30.0 Å². The van der Waals surface area contributed by atoms with Crippen molar-refractivity contribution in [2.24, 2.45) is 0 Å². The molecule has 0 atom stereocenters. The standard InChI is InChI=1S/C26H33N3O4S/c1-4-32-21-6-8-22(9-7-21)33-18-24(30)29(11-5-10-28-12-14-31-15-13-28)26-27-23-17-19(2)16-20(3)25(23)34-26/h6-9,16-17H,4-5,10-15,18H2,1-3H3. The maximum atomic E-state index is 13.3. The van der Waals surface area contributed by atoms with Gasteiger partial charge in [-0.3, -0.25) is 14.6 Å². The molecule has 0 unspecified atom stereocenters. The second-order valence-corrected chi connectivity index (χ2v) is 9.45. The molecule has 34 heavy (non-hydrogen) atoms. The average Bonchev–Trinajstić information content (AvgIpc) is 3.26. The molecule has 0 N–H and O–H groups in total. The average molecular weight is 484 g/mol. The lowest BCUT2D eigenvalue weighted by atomic mass is 10.1. The molecule has 0 spiro atoms. The van der Waals surface area contributed by atoms with Crippen molar-refractivity contribution in [3.05, 3.63) is 47.5 Å². The van der Waals surface area contributed by atoms with Gasteiger partial charge in [0.2, 0.25) is 0 Å². The minimum absolute atomic E-state index is 0.0422. The van der Waals surface area contributed by atoms with E-state index < -0.39 is 0 Å². The molecule has 0 radical (unpaired) electrons. The van der Waals surface area contributed by atoms with E-state index in [-0.39, 0.29) is 12.5 Å². The van der Waals surface area contributed by atoms with Crippen LogP contribution in [0.5, 0.6) is 11.5 Å². The molecule has 3 aromatic rings. The molecule has 1 saturated heterocycles. The summed E-state index contributed by atoms with van der Waals surface area (Å²) in [5.41, 5.74) is 3.30. The molecule has 0 aliphatic carbocycles. The summed E-state index contributed by atoms with van der Waals surface area (Å²) in [6.45, 7) is 11.6. The second-order valence-electron chi connectivity index (χ2n) is 8.47. The van der Waals surface area contributed by atoms with Crippen molar-refractivity contribution in [2.75, 3.05) is 57.5 Å². The Labute approximate surface area is 205 Å². The number of benzene rings is 2. The van der Waals surface area contributed by atoms with Gasteiger partial charge in [0.25, 0.3) is 5.91 Å². The van der Waals surface area contributed by atoms with Crippen molar-refractivity contribution in [3.8, 4) is 11.5 Å². The van der Waals surface area contributed by atoms with Crippen LogP contribution in [0.2, 0.25) is 0 Å². The lowest BCUT2D eigenvalue weighted by Crippen LogP contribution is -2.40. The molecule has 1 aliphatic heterocycles. The summed E-state index contributed by atoms with van der Waals surface area (Å²) in [4.78, 5) is 22.3. The van der Waals surface area contributed by atoms with Gasteiger partial charge in [-0.05, 0) is 68.7 Å². The number of aromatic nitrogens is 1. The molecular weight excluding hydrogens is 450 g/mol. The number of carbonyl (C=O) groups excluding carboxylic acids is 1. The van der Waals surface area contributed by atoms with E-state index in [9.17, 15) is 4.79 Å². The number of rotatable bonds is 10. The van der Waals surface area contributed by atoms with Gasteiger partial charge in [0, 0.05) is 26.2 Å². The fraction of sp³-hybridized carbons (Fsp3) is 0.462. The normalized spacial score (nSPS) is 14.3. The Balaban J connectivity index is 1.46. The molecule has 2 heterocycles. The van der Waals surface area contributed by atoms with Gasteiger partial charge in [-0.15, -0.1) is 0 Å². The van der Waals surface area contributed by atoms with E-state index in [2.05, 4.69) is 30.9 Å². The number of hydrogen-bond acceptors (Lipinski definition) is 7. The number of ether oxygens (including phenoxy) is 3. The van der Waals surface area contributed by atoms with Crippen molar-refractivity contribution in [1.29, 1.82) is 0 Å². The monoisotopic (exact) mass is 483 g/mol. The topological polar surface area (TPSA) is 64.1 Å². The molecule has 1 aromatic heterocycles. The third kappa shape index (κ3) is 6.25. The highest BCUT2D eigenvalue weighted by Crippen LogP contribution is 2.32. The number of nitrogens with zero attached hydrogens (tertiary/aromatic N) is 3. The number of carbonyl (C=O) groups is 1. The van der Waals surface area contributed by atoms with E-state index in [0.717, 1.165) is 60.4 Å². The number of anilines is 1. The van der Waals surface area contributed by atoms with Crippen molar-refractivity contribution in [3.63, 3.8) is 0 Å². The molecule has 8 heteroatoms. The van der Waals surface area contributed by atoms with E-state index in [1.807, 2.05) is 31.2 Å². The Hall–Kier alpha value is -2.68. The summed E-state index contributed by atoms with van der Waals surface area (Å²) in [6, 6.07) is 11.6. The summed E-state index contributed by atoms with van der Waals surface area (Å²) in [6.07, 6.45) is 0.864. The number of fused-ring (bicyclic) bond motifs is 1. The van der Waals surface area contributed by atoms with Crippen LogP contribution < -0.4 is 14.4 Å². The van der Waals surface area contributed by atoms with E-state index in [4.69, 9.17) is 19.2 Å². The fourth-order valence-corrected chi connectivity index (χ4v) is 5.17. The van der Waals surface area contributed by atoms with Crippen molar-refractivity contribution < 1.29 is 19.0 Å². The molecule has 0 bridgehead atoms. The quantitative estimate of drug-likeness (QED) is 0.425. The van der Waals surface area contributed by atoms with Gasteiger partial charge in [0.15, 0.2) is 11.7 Å². The maximum Gasteiger partial charge on any atom is 0.266 e. The first-order valence-electron chi connectivity index (χ1n) is 11.9. The summed E-state index contributed by atoms with van der Waals surface area (Å²) in [5.74, 6) is 1.33. The zero-order chi connectivity index (χ0) is 23.9. The minimum Gasteiger partial charge on any atom is -0.494 e. The van der Waals surface area contributed by atoms with Gasteiger partial charge in [-0.1, -0.05) is 17.4 Å². The van der Waals surface area contributed by atoms with E-state index in [1.54, 1.807) is 16.2 Å². The lowest BCUT2D eigenvalue weighted by molar-refractivity contribution is -0.120. The lowest BCUT2D eigenvalue weighted by Gasteiger charge is -2.27. The van der Waals surface area contributed by atoms with Crippen molar-refractivity contribution in [1.82, 2.24) is 9.88 Å². The van der Waals surface area contributed by atoms with Crippen LogP contribution in [0.1, 0.15) is 24.5 Å². The first-order valence-corrected chi connectivity index (χ1v) is 12.7.